The Balaban J connectivity index is 5.23. The molecule has 100 heavy (non-hydrogen) atoms. The Kier molecular flexibility index (Phi) is 73.8. The molecule has 0 amide bonds. The Morgan fingerprint density at radius 1 is 0.240 bits per heavy atom. The summed E-state index contributed by atoms with van der Waals surface area (Å²) in [6, 6.07) is 0. The third-order valence-electron chi connectivity index (χ3n) is 19.1. The summed E-state index contributed by atoms with van der Waals surface area (Å²) in [6.07, 6.45) is 67.8. The fourth-order valence-electron chi connectivity index (χ4n) is 12.6. The minimum atomic E-state index is -4.96. The maximum atomic E-state index is 13.1. The highest BCUT2D eigenvalue weighted by Crippen LogP contribution is 2.45. The molecule has 0 saturated carbocycles. The van der Waals surface area contributed by atoms with E-state index in [1.165, 1.54) is 270 Å². The van der Waals surface area contributed by atoms with Crippen molar-refractivity contribution in [2.24, 2.45) is 0 Å². The predicted octanol–water partition coefficient (Wildman–Crippen LogP) is 24.6. The molecule has 0 bridgehead atoms. The molecule has 594 valence electrons. The molecule has 0 heterocycles. The summed E-state index contributed by atoms with van der Waals surface area (Å²) in [4.78, 5) is 73.0. The second kappa shape index (κ2) is 75.3. The maximum Gasteiger partial charge on any atom is 0.472 e. The summed E-state index contributed by atoms with van der Waals surface area (Å²) < 4.78 is 68.7. The molecular weight excluding hydrogens is 1310 g/mol. The van der Waals surface area contributed by atoms with Gasteiger partial charge in [-0.25, -0.2) is 9.13 Å². The Bertz CT molecular complexity index is 1890. The number of hydrogen-bond donors (Lipinski definition) is 3. The van der Waals surface area contributed by atoms with Crippen LogP contribution in [0.4, 0.5) is 0 Å². The second-order valence-corrected chi connectivity index (χ2v) is 32.1. The molecule has 17 nitrogen and oxygen atoms in total. The Morgan fingerprint density at radius 2 is 0.400 bits per heavy atom. The summed E-state index contributed by atoms with van der Waals surface area (Å²) in [7, 11) is -9.92. The molecule has 0 aromatic heterocycles. The highest BCUT2D eigenvalue weighted by atomic mass is 31.2. The van der Waals surface area contributed by atoms with Crippen LogP contribution >= 0.6 is 15.6 Å². The number of phosphoric ester groups is 2. The Morgan fingerprint density at radius 3 is 0.590 bits per heavy atom. The molecule has 0 saturated heterocycles. The van der Waals surface area contributed by atoms with E-state index in [0.29, 0.717) is 25.7 Å². The first kappa shape index (κ1) is 98.1. The zero-order valence-corrected chi connectivity index (χ0v) is 67.0. The summed E-state index contributed by atoms with van der Waals surface area (Å²) in [5.41, 5.74) is 0. The summed E-state index contributed by atoms with van der Waals surface area (Å²) in [5, 5.41) is 10.6. The van der Waals surface area contributed by atoms with Crippen LogP contribution in [0.3, 0.4) is 0 Å². The first-order valence-electron chi connectivity index (χ1n) is 42.3. The van der Waals surface area contributed by atoms with Crippen molar-refractivity contribution in [3.05, 3.63) is 0 Å². The van der Waals surface area contributed by atoms with Crippen molar-refractivity contribution in [1.82, 2.24) is 0 Å². The largest absolute Gasteiger partial charge is 0.472 e. The molecule has 5 atom stereocenters. The van der Waals surface area contributed by atoms with E-state index in [4.69, 9.17) is 37.0 Å². The third-order valence-corrected chi connectivity index (χ3v) is 21.0. The van der Waals surface area contributed by atoms with Crippen molar-refractivity contribution in [3.8, 4) is 0 Å². The van der Waals surface area contributed by atoms with Crippen LogP contribution in [-0.4, -0.2) is 96.7 Å². The molecule has 0 aliphatic heterocycles. The number of carbonyl (C=O) groups excluding carboxylic acids is 4. The number of esters is 4. The van der Waals surface area contributed by atoms with Crippen molar-refractivity contribution in [2.75, 3.05) is 39.6 Å². The van der Waals surface area contributed by atoms with Crippen LogP contribution < -0.4 is 0 Å². The van der Waals surface area contributed by atoms with E-state index in [1.54, 1.807) is 0 Å². The van der Waals surface area contributed by atoms with Gasteiger partial charge in [-0.1, -0.05) is 387 Å². The minimum absolute atomic E-state index is 0.109. The average molecular weight is 1470 g/mol. The van der Waals surface area contributed by atoms with Gasteiger partial charge in [0, 0.05) is 25.7 Å². The smallest absolute Gasteiger partial charge is 0.462 e. The van der Waals surface area contributed by atoms with Crippen molar-refractivity contribution in [2.45, 2.75) is 457 Å². The van der Waals surface area contributed by atoms with E-state index in [-0.39, 0.29) is 25.7 Å². The molecule has 2 unspecified atom stereocenters. The molecule has 0 radical (unpaired) electrons. The van der Waals surface area contributed by atoms with Gasteiger partial charge >= 0.3 is 39.5 Å². The van der Waals surface area contributed by atoms with Crippen LogP contribution in [0.25, 0.3) is 0 Å². The number of phosphoric acid groups is 2. The van der Waals surface area contributed by atoms with Crippen LogP contribution in [0.1, 0.15) is 439 Å². The Labute approximate surface area is 613 Å². The third kappa shape index (κ3) is 74.3. The predicted molar refractivity (Wildman–Crippen MR) is 409 cm³/mol. The van der Waals surface area contributed by atoms with Gasteiger partial charge in [0.2, 0.25) is 0 Å². The average Bonchev–Trinajstić information content (AvgIpc) is 1.05. The molecule has 0 spiro atoms. The molecule has 3 N–H and O–H groups in total. The monoisotopic (exact) mass is 1470 g/mol. The first-order chi connectivity index (χ1) is 48.7. The van der Waals surface area contributed by atoms with E-state index in [1.807, 2.05) is 0 Å². The first-order valence-corrected chi connectivity index (χ1v) is 45.3. The number of ether oxygens (including phenoxy) is 4. The van der Waals surface area contributed by atoms with Gasteiger partial charge in [0.25, 0.3) is 0 Å². The lowest BCUT2D eigenvalue weighted by Crippen LogP contribution is -2.30. The minimum Gasteiger partial charge on any atom is -0.462 e. The van der Waals surface area contributed by atoms with Crippen LogP contribution in [0.2, 0.25) is 0 Å². The quantitative estimate of drug-likeness (QED) is 0.0222. The van der Waals surface area contributed by atoms with Crippen LogP contribution in [0, 0.1) is 0 Å². The zero-order chi connectivity index (χ0) is 73.2. The van der Waals surface area contributed by atoms with Crippen molar-refractivity contribution < 1.29 is 80.2 Å². The zero-order valence-electron chi connectivity index (χ0n) is 65.2. The van der Waals surface area contributed by atoms with E-state index >= 15 is 0 Å². The van der Waals surface area contributed by atoms with E-state index in [9.17, 15) is 43.2 Å². The van der Waals surface area contributed by atoms with Crippen molar-refractivity contribution in [1.29, 1.82) is 0 Å². The molecule has 0 rings (SSSR count). The number of carbonyl (C=O) groups is 4. The van der Waals surface area contributed by atoms with Gasteiger partial charge in [0.15, 0.2) is 12.2 Å². The van der Waals surface area contributed by atoms with Crippen LogP contribution in [-0.2, 0) is 65.4 Å². The lowest BCUT2D eigenvalue weighted by Gasteiger charge is -2.21. The molecule has 19 heteroatoms. The molecular formula is C81H158O17P2. The number of hydrogen-bond acceptors (Lipinski definition) is 15. The molecule has 0 fully saturated rings. The number of unbranched alkanes of at least 4 members (excludes halogenated alkanes) is 56. The van der Waals surface area contributed by atoms with Gasteiger partial charge in [0.05, 0.1) is 26.4 Å². The number of aliphatic hydroxyl groups is 1. The summed E-state index contributed by atoms with van der Waals surface area (Å²) in [5.74, 6) is -2.10. The lowest BCUT2D eigenvalue weighted by atomic mass is 10.0. The number of aliphatic hydroxyl groups excluding tert-OH is 1. The van der Waals surface area contributed by atoms with Gasteiger partial charge in [-0.05, 0) is 25.7 Å². The standard InChI is InChI=1S/C81H158O17P2/c1-5-9-13-17-21-25-29-33-36-37-38-39-40-41-44-48-52-56-60-64-68-81(86)98-77(72-92-79(84)66-62-58-54-50-46-42-34-30-26-22-18-14-10-6-2)74-96-100(89,90)94-70-75(82)69-93-99(87,88)95-73-76(71-91-78(83)65-61-57-53-49-45-32-28-24-20-16-12-8-4)97-80(85)67-63-59-55-51-47-43-35-31-27-23-19-15-11-7-3/h75-77,82H,5-74H2,1-4H3,(H,87,88)(H,89,90)/t75-,76+,77+/m0/s1. The number of rotatable bonds is 82. The topological polar surface area (TPSA) is 237 Å². The van der Waals surface area contributed by atoms with Gasteiger partial charge in [0.1, 0.15) is 19.3 Å². The molecule has 0 aromatic rings. The fraction of sp³-hybridized carbons (Fsp3) is 0.951. The van der Waals surface area contributed by atoms with Crippen LogP contribution in [0.15, 0.2) is 0 Å². The highest BCUT2D eigenvalue weighted by molar-refractivity contribution is 7.47. The lowest BCUT2D eigenvalue weighted by molar-refractivity contribution is -0.161. The second-order valence-electron chi connectivity index (χ2n) is 29.2. The van der Waals surface area contributed by atoms with Gasteiger partial charge < -0.3 is 33.8 Å². The van der Waals surface area contributed by atoms with E-state index in [0.717, 1.165) is 89.9 Å². The normalized spacial score (nSPS) is 13.8. The van der Waals surface area contributed by atoms with Crippen molar-refractivity contribution in [3.63, 3.8) is 0 Å². The van der Waals surface area contributed by atoms with Crippen LogP contribution in [0.5, 0.6) is 0 Å². The maximum absolute atomic E-state index is 13.1. The summed E-state index contributed by atoms with van der Waals surface area (Å²) in [6.45, 7) is 5.03. The van der Waals surface area contributed by atoms with Gasteiger partial charge in [-0.15, -0.1) is 0 Å². The van der Waals surface area contributed by atoms with Gasteiger partial charge in [-0.2, -0.15) is 0 Å². The SMILES string of the molecule is CCCCCCCCCCCCCCCCCCCCCCC(=O)O[C@H](COC(=O)CCCCCCCCCCCCCCCC)COP(=O)(O)OC[C@@H](O)COP(=O)(O)OC[C@@H](COC(=O)CCCCCCCCCCCCCC)OC(=O)CCCCCCCCCCCCCCCC. The molecule has 0 aromatic carbocycles. The fourth-order valence-corrected chi connectivity index (χ4v) is 14.2. The highest BCUT2D eigenvalue weighted by Gasteiger charge is 2.30. The molecule has 0 aliphatic rings. The van der Waals surface area contributed by atoms with E-state index < -0.39 is 97.5 Å². The van der Waals surface area contributed by atoms with Gasteiger partial charge in [-0.3, -0.25) is 37.3 Å². The summed E-state index contributed by atoms with van der Waals surface area (Å²) >= 11 is 0. The Hall–Kier alpha value is -1.94. The van der Waals surface area contributed by atoms with E-state index in [2.05, 4.69) is 27.7 Å². The van der Waals surface area contributed by atoms with Crippen molar-refractivity contribution >= 4 is 39.5 Å². The molecule has 0 aliphatic carbocycles.